The predicted molar refractivity (Wildman–Crippen MR) is 82.2 cm³/mol. The summed E-state index contributed by atoms with van der Waals surface area (Å²) in [5, 5.41) is 13.5. The fourth-order valence-electron chi connectivity index (χ4n) is 2.19. The monoisotopic (exact) mass is 347 g/mol. The first-order valence-corrected chi connectivity index (χ1v) is 8.41. The summed E-state index contributed by atoms with van der Waals surface area (Å²) in [6.07, 6.45) is 1.46. The van der Waals surface area contributed by atoms with E-state index < -0.39 is 5.60 Å². The van der Waals surface area contributed by atoms with Gasteiger partial charge in [0.2, 0.25) is 0 Å². The summed E-state index contributed by atoms with van der Waals surface area (Å²) in [6, 6.07) is 5.29. The average Bonchev–Trinajstić information content (AvgIpc) is 2.78. The minimum atomic E-state index is -0.586. The average molecular weight is 348 g/mol. The van der Waals surface area contributed by atoms with Gasteiger partial charge in [-0.05, 0) is 43.2 Å². The SMILES string of the molecule is CC(Cc1ccc(Br)cc1F)NCC1(O)CCSC1. The third-order valence-corrected chi connectivity index (χ3v) is 5.13. The van der Waals surface area contributed by atoms with Crippen molar-refractivity contribution < 1.29 is 9.50 Å². The molecule has 2 rings (SSSR count). The van der Waals surface area contributed by atoms with E-state index in [4.69, 9.17) is 0 Å². The molecule has 1 saturated heterocycles. The molecule has 19 heavy (non-hydrogen) atoms. The van der Waals surface area contributed by atoms with Crippen LogP contribution in [-0.4, -0.2) is 34.8 Å². The molecule has 5 heteroatoms. The van der Waals surface area contributed by atoms with E-state index >= 15 is 0 Å². The van der Waals surface area contributed by atoms with Crippen molar-refractivity contribution in [2.24, 2.45) is 0 Å². The third-order valence-electron chi connectivity index (χ3n) is 3.40. The molecule has 0 saturated carbocycles. The van der Waals surface area contributed by atoms with Gasteiger partial charge in [-0.2, -0.15) is 11.8 Å². The predicted octanol–water partition coefficient (Wildman–Crippen LogP) is 2.98. The number of benzene rings is 1. The summed E-state index contributed by atoms with van der Waals surface area (Å²) in [5.74, 6) is 1.63. The van der Waals surface area contributed by atoms with Crippen LogP contribution in [0.1, 0.15) is 18.9 Å². The number of hydrogen-bond acceptors (Lipinski definition) is 3. The summed E-state index contributed by atoms with van der Waals surface area (Å²) < 4.78 is 14.5. The number of hydrogen-bond donors (Lipinski definition) is 2. The van der Waals surface area contributed by atoms with Crippen molar-refractivity contribution in [3.63, 3.8) is 0 Å². The number of rotatable bonds is 5. The van der Waals surface area contributed by atoms with E-state index in [1.165, 1.54) is 6.07 Å². The maximum absolute atomic E-state index is 13.7. The first kappa shape index (κ1) is 15.3. The van der Waals surface area contributed by atoms with Gasteiger partial charge < -0.3 is 10.4 Å². The molecular formula is C14H19BrFNOS. The van der Waals surface area contributed by atoms with Gasteiger partial charge in [-0.3, -0.25) is 0 Å². The molecule has 1 fully saturated rings. The Kier molecular flexibility index (Phi) is 5.29. The Morgan fingerprint density at radius 2 is 2.37 bits per heavy atom. The molecule has 0 radical (unpaired) electrons. The van der Waals surface area contributed by atoms with E-state index in [2.05, 4.69) is 21.2 Å². The van der Waals surface area contributed by atoms with E-state index in [1.807, 2.05) is 13.0 Å². The molecule has 1 aromatic rings. The van der Waals surface area contributed by atoms with E-state index in [0.717, 1.165) is 22.4 Å². The topological polar surface area (TPSA) is 32.3 Å². The van der Waals surface area contributed by atoms with Crippen LogP contribution in [0.5, 0.6) is 0 Å². The van der Waals surface area contributed by atoms with E-state index in [1.54, 1.807) is 17.8 Å². The molecule has 2 N–H and O–H groups in total. The number of aliphatic hydroxyl groups is 1. The number of halogens is 2. The van der Waals surface area contributed by atoms with Gasteiger partial charge >= 0.3 is 0 Å². The summed E-state index contributed by atoms with van der Waals surface area (Å²) in [7, 11) is 0. The van der Waals surface area contributed by atoms with E-state index in [-0.39, 0.29) is 11.9 Å². The first-order valence-electron chi connectivity index (χ1n) is 6.46. The molecule has 0 bridgehead atoms. The quantitative estimate of drug-likeness (QED) is 0.858. The van der Waals surface area contributed by atoms with Crippen molar-refractivity contribution in [3.05, 3.63) is 34.1 Å². The minimum Gasteiger partial charge on any atom is -0.388 e. The molecule has 1 heterocycles. The van der Waals surface area contributed by atoms with Crippen molar-refractivity contribution in [3.8, 4) is 0 Å². The highest BCUT2D eigenvalue weighted by Gasteiger charge is 2.31. The second-order valence-electron chi connectivity index (χ2n) is 5.25. The van der Waals surface area contributed by atoms with Crippen molar-refractivity contribution in [2.75, 3.05) is 18.1 Å². The van der Waals surface area contributed by atoms with Gasteiger partial charge in [-0.25, -0.2) is 4.39 Å². The summed E-state index contributed by atoms with van der Waals surface area (Å²) in [4.78, 5) is 0. The lowest BCUT2D eigenvalue weighted by molar-refractivity contribution is 0.0651. The molecule has 0 aromatic heterocycles. The van der Waals surface area contributed by atoms with E-state index in [0.29, 0.717) is 18.5 Å². The van der Waals surface area contributed by atoms with Crippen LogP contribution in [0.3, 0.4) is 0 Å². The molecule has 2 atom stereocenters. The second-order valence-corrected chi connectivity index (χ2v) is 7.27. The maximum atomic E-state index is 13.7. The summed E-state index contributed by atoms with van der Waals surface area (Å²) >= 11 is 5.04. The van der Waals surface area contributed by atoms with Crippen LogP contribution >= 0.6 is 27.7 Å². The largest absolute Gasteiger partial charge is 0.388 e. The zero-order valence-electron chi connectivity index (χ0n) is 11.0. The van der Waals surface area contributed by atoms with Gasteiger partial charge in [-0.15, -0.1) is 0 Å². The fourth-order valence-corrected chi connectivity index (χ4v) is 3.82. The number of thioether (sulfide) groups is 1. The van der Waals surface area contributed by atoms with Crippen LogP contribution in [0.4, 0.5) is 4.39 Å². The molecular weight excluding hydrogens is 329 g/mol. The smallest absolute Gasteiger partial charge is 0.127 e. The van der Waals surface area contributed by atoms with Crippen molar-refractivity contribution in [2.45, 2.75) is 31.4 Å². The zero-order chi connectivity index (χ0) is 13.9. The van der Waals surface area contributed by atoms with Gasteiger partial charge in [0.05, 0.1) is 5.60 Å². The Labute approximate surface area is 126 Å². The molecule has 2 nitrogen and oxygen atoms in total. The third kappa shape index (κ3) is 4.45. The molecule has 2 unspecified atom stereocenters. The van der Waals surface area contributed by atoms with Crippen molar-refractivity contribution >= 4 is 27.7 Å². The molecule has 1 aliphatic rings. The lowest BCUT2D eigenvalue weighted by Crippen LogP contribution is -2.44. The van der Waals surface area contributed by atoms with Crippen LogP contribution < -0.4 is 5.32 Å². The second kappa shape index (κ2) is 6.57. The summed E-state index contributed by atoms with van der Waals surface area (Å²) in [6.45, 7) is 2.60. The zero-order valence-corrected chi connectivity index (χ0v) is 13.4. The Morgan fingerprint density at radius 1 is 1.58 bits per heavy atom. The Hall–Kier alpha value is -0.100. The lowest BCUT2D eigenvalue weighted by Gasteiger charge is -2.24. The highest BCUT2D eigenvalue weighted by atomic mass is 79.9. The molecule has 0 spiro atoms. The van der Waals surface area contributed by atoms with Gasteiger partial charge in [0.25, 0.3) is 0 Å². The maximum Gasteiger partial charge on any atom is 0.127 e. The highest BCUT2D eigenvalue weighted by molar-refractivity contribution is 9.10. The molecule has 1 aromatic carbocycles. The van der Waals surface area contributed by atoms with Crippen LogP contribution in [-0.2, 0) is 6.42 Å². The molecule has 1 aliphatic heterocycles. The van der Waals surface area contributed by atoms with E-state index in [9.17, 15) is 9.50 Å². The normalized spacial score (nSPS) is 24.6. The van der Waals surface area contributed by atoms with Crippen molar-refractivity contribution in [1.82, 2.24) is 5.32 Å². The van der Waals surface area contributed by atoms with Crippen LogP contribution in [0.25, 0.3) is 0 Å². The van der Waals surface area contributed by atoms with Gasteiger partial charge in [0, 0.05) is 22.8 Å². The Bertz CT molecular complexity index is 437. The summed E-state index contributed by atoms with van der Waals surface area (Å²) in [5.41, 5.74) is 0.118. The van der Waals surface area contributed by atoms with Crippen molar-refractivity contribution in [1.29, 1.82) is 0 Å². The van der Waals surface area contributed by atoms with Crippen LogP contribution in [0.15, 0.2) is 22.7 Å². The van der Waals surface area contributed by atoms with Crippen LogP contribution in [0, 0.1) is 5.82 Å². The molecule has 0 aliphatic carbocycles. The Balaban J connectivity index is 1.85. The number of nitrogens with one attached hydrogen (secondary N) is 1. The molecule has 0 amide bonds. The fraction of sp³-hybridized carbons (Fsp3) is 0.571. The van der Waals surface area contributed by atoms with Gasteiger partial charge in [0.1, 0.15) is 5.82 Å². The molecule has 106 valence electrons. The van der Waals surface area contributed by atoms with Gasteiger partial charge in [0.15, 0.2) is 0 Å². The standard InChI is InChI=1S/C14H19BrFNOS/c1-10(17-8-14(18)4-5-19-9-14)6-11-2-3-12(15)7-13(11)16/h2-3,7,10,17-18H,4-6,8-9H2,1H3. The first-order chi connectivity index (χ1) is 8.98. The van der Waals surface area contributed by atoms with Gasteiger partial charge in [-0.1, -0.05) is 22.0 Å². The minimum absolute atomic E-state index is 0.144. The van der Waals surface area contributed by atoms with Crippen LogP contribution in [0.2, 0.25) is 0 Å². The highest BCUT2D eigenvalue weighted by Crippen LogP contribution is 2.27. The Morgan fingerprint density at radius 3 is 3.00 bits per heavy atom. The lowest BCUT2D eigenvalue weighted by atomic mass is 10.0.